The molecule has 1 aliphatic heterocycles. The van der Waals surface area contributed by atoms with E-state index in [1.807, 2.05) is 36.4 Å². The monoisotopic (exact) mass is 647 g/mol. The predicted octanol–water partition coefficient (Wildman–Crippen LogP) is 4.92. The molecule has 2 aromatic carbocycles. The van der Waals surface area contributed by atoms with Crippen LogP contribution in [0.25, 0.3) is 0 Å². The molecule has 11 heteroatoms. The molecule has 1 saturated carbocycles. The number of methoxy groups -OCH3 is 1. The molecule has 0 radical (unpaired) electrons. The van der Waals surface area contributed by atoms with Crippen LogP contribution in [0.2, 0.25) is 0 Å². The number of rotatable bonds is 14. The number of nitrogens with two attached hydrogens (primary N) is 2. The van der Waals surface area contributed by atoms with Crippen molar-refractivity contribution in [3.8, 4) is 5.75 Å². The van der Waals surface area contributed by atoms with Crippen molar-refractivity contribution in [3.05, 3.63) is 65.2 Å². The first-order valence-electron chi connectivity index (χ1n) is 16.7. The number of nitrogens with one attached hydrogen (secondary N) is 2. The molecule has 1 spiro atoms. The van der Waals surface area contributed by atoms with E-state index in [0.717, 1.165) is 49.7 Å². The van der Waals surface area contributed by atoms with Gasteiger partial charge < -0.3 is 25.4 Å². The first-order valence-corrected chi connectivity index (χ1v) is 16.7. The fourth-order valence-electron chi connectivity index (χ4n) is 6.60. The zero-order valence-corrected chi connectivity index (χ0v) is 28.8. The summed E-state index contributed by atoms with van der Waals surface area (Å²) in [5.41, 5.74) is 9.98. The van der Waals surface area contributed by atoms with Crippen LogP contribution in [0.15, 0.2) is 58.6 Å². The minimum absolute atomic E-state index is 0.0555. The molecule has 2 aromatic rings. The van der Waals surface area contributed by atoms with Crippen molar-refractivity contribution in [2.24, 2.45) is 38.9 Å². The normalized spacial score (nSPS) is 20.8. The lowest BCUT2D eigenvalue weighted by atomic mass is 9.75. The summed E-state index contributed by atoms with van der Waals surface area (Å²) in [7, 11) is 1.64. The van der Waals surface area contributed by atoms with Gasteiger partial charge in [-0.05, 0) is 85.6 Å². The van der Waals surface area contributed by atoms with Crippen LogP contribution in [0, 0.1) is 17.3 Å². The number of hydrogen-bond donors (Lipinski definition) is 4. The highest BCUT2D eigenvalue weighted by Gasteiger charge is 2.52. The number of ether oxygens (including phenoxy) is 2. The van der Waals surface area contributed by atoms with Crippen LogP contribution in [0.1, 0.15) is 101 Å². The lowest BCUT2D eigenvalue weighted by Crippen LogP contribution is -2.51. The Morgan fingerprint density at radius 2 is 1.83 bits per heavy atom. The van der Waals surface area contributed by atoms with Crippen molar-refractivity contribution in [3.63, 3.8) is 0 Å². The Balaban J connectivity index is 1.71. The lowest BCUT2D eigenvalue weighted by molar-refractivity contribution is -0.133. The molecule has 2 aliphatic rings. The van der Waals surface area contributed by atoms with Crippen LogP contribution in [0.5, 0.6) is 5.75 Å². The van der Waals surface area contributed by atoms with Crippen LogP contribution < -0.4 is 27.2 Å². The third-order valence-corrected chi connectivity index (χ3v) is 9.30. The number of hydrazone groups is 1. The number of hydrogen-bond acceptors (Lipinski definition) is 8. The van der Waals surface area contributed by atoms with E-state index in [-0.39, 0.29) is 35.7 Å². The van der Waals surface area contributed by atoms with E-state index in [1.165, 1.54) is 0 Å². The summed E-state index contributed by atoms with van der Waals surface area (Å²) in [6.45, 7) is 12.2. The summed E-state index contributed by atoms with van der Waals surface area (Å²) in [5, 5.41) is 6.42. The van der Waals surface area contributed by atoms with E-state index in [1.54, 1.807) is 19.2 Å². The van der Waals surface area contributed by atoms with Crippen LogP contribution >= 0.6 is 0 Å². The van der Waals surface area contributed by atoms with Gasteiger partial charge in [0.15, 0.2) is 0 Å². The molecule has 2 amide bonds. The van der Waals surface area contributed by atoms with Crippen molar-refractivity contribution >= 4 is 23.4 Å². The molecule has 0 aromatic heterocycles. The summed E-state index contributed by atoms with van der Waals surface area (Å²) in [4.78, 5) is 35.0. The maximum Gasteiger partial charge on any atom is 0.275 e. The number of hydrazine groups is 1. The summed E-state index contributed by atoms with van der Waals surface area (Å²) in [6.07, 6.45) is 5.30. The summed E-state index contributed by atoms with van der Waals surface area (Å²) in [6, 6.07) is 14.9. The van der Waals surface area contributed by atoms with Crippen molar-refractivity contribution in [2.75, 3.05) is 26.9 Å². The minimum atomic E-state index is -0.642. The first kappa shape index (κ1) is 35.9. The Morgan fingerprint density at radius 3 is 2.45 bits per heavy atom. The van der Waals surface area contributed by atoms with E-state index in [4.69, 9.17) is 26.0 Å². The number of amides is 2. The Kier molecular flexibility index (Phi) is 12.0. The van der Waals surface area contributed by atoms with Gasteiger partial charge in [0.25, 0.3) is 11.8 Å². The third-order valence-electron chi connectivity index (χ3n) is 9.30. The molecule has 256 valence electrons. The fraction of sp³-hybridized carbons (Fsp3) is 0.556. The smallest absolute Gasteiger partial charge is 0.275 e. The highest BCUT2D eigenvalue weighted by Crippen LogP contribution is 2.48. The summed E-state index contributed by atoms with van der Waals surface area (Å²) < 4.78 is 11.0. The molecule has 47 heavy (non-hydrogen) atoms. The number of carbonyl (C=O) groups excluding carboxylic acids is 2. The molecule has 1 atom stereocenters. The maximum absolute atomic E-state index is 14.7. The Morgan fingerprint density at radius 1 is 1.13 bits per heavy atom. The molecule has 1 fully saturated rings. The zero-order valence-electron chi connectivity index (χ0n) is 28.8. The van der Waals surface area contributed by atoms with Gasteiger partial charge in [-0.1, -0.05) is 58.9 Å². The molecule has 11 nitrogen and oxygen atoms in total. The SMILES string of the molecule is COCCOc1cccc(C2=NC3(CCC(C(C)C)CC3)N([C@H](CCC(C)(C)C)c3ccc(C(=O)NC/C(N)=N/NN)cc3)C2=O)c1. The van der Waals surface area contributed by atoms with Crippen molar-refractivity contribution in [1.29, 1.82) is 0 Å². The van der Waals surface area contributed by atoms with Gasteiger partial charge >= 0.3 is 0 Å². The Bertz CT molecular complexity index is 1420. The van der Waals surface area contributed by atoms with E-state index in [0.29, 0.717) is 42.1 Å². The lowest BCUT2D eigenvalue weighted by Gasteiger charge is -2.46. The molecule has 4 rings (SSSR count). The molecule has 0 unspecified atom stereocenters. The van der Waals surface area contributed by atoms with E-state index in [9.17, 15) is 9.59 Å². The second-order valence-corrected chi connectivity index (χ2v) is 14.2. The standard InChI is InChI=1S/C36H53N7O4/c1-24(2)25-14-18-36(19-15-25)40-32(28-8-7-9-29(22-28)47-21-20-46-6)34(45)43(36)30(16-17-35(3,4)5)26-10-12-27(13-11-26)33(44)39-23-31(37)41-42-38/h7-13,22,24-25,30,42H,14-21,23,38H2,1-6H3,(H2,37,41)(H,39,44)/t25?,30-,36?/m1/s1. The largest absolute Gasteiger partial charge is 0.491 e. The van der Waals surface area contributed by atoms with Gasteiger partial charge in [0.1, 0.15) is 29.6 Å². The van der Waals surface area contributed by atoms with Crippen molar-refractivity contribution in [2.45, 2.75) is 84.8 Å². The fourth-order valence-corrected chi connectivity index (χ4v) is 6.60. The maximum atomic E-state index is 14.7. The average molecular weight is 648 g/mol. The van der Waals surface area contributed by atoms with Crippen LogP contribution in [-0.2, 0) is 9.53 Å². The van der Waals surface area contributed by atoms with Crippen LogP contribution in [-0.4, -0.2) is 60.8 Å². The van der Waals surface area contributed by atoms with Gasteiger partial charge in [0, 0.05) is 18.2 Å². The number of carbonyl (C=O) groups is 2. The molecule has 1 aliphatic carbocycles. The quantitative estimate of drug-likeness (QED) is 0.0746. The molecule has 0 saturated heterocycles. The molecule has 0 bridgehead atoms. The number of amidine groups is 1. The molecule has 1 heterocycles. The topological polar surface area (TPSA) is 157 Å². The van der Waals surface area contributed by atoms with E-state index in [2.05, 4.69) is 55.5 Å². The summed E-state index contributed by atoms with van der Waals surface area (Å²) in [5.74, 6) is 6.84. The van der Waals surface area contributed by atoms with Gasteiger partial charge in [0.2, 0.25) is 0 Å². The third kappa shape index (κ3) is 9.10. The van der Waals surface area contributed by atoms with Crippen LogP contribution in [0.3, 0.4) is 0 Å². The Labute approximate surface area is 279 Å². The number of nitrogens with zero attached hydrogens (tertiary/aromatic N) is 3. The van der Waals surface area contributed by atoms with Gasteiger partial charge in [-0.2, -0.15) is 5.10 Å². The number of benzene rings is 2. The second kappa shape index (κ2) is 15.8. The minimum Gasteiger partial charge on any atom is -0.491 e. The second-order valence-electron chi connectivity index (χ2n) is 14.2. The average Bonchev–Trinajstić information content (AvgIpc) is 3.31. The van der Waals surface area contributed by atoms with Crippen LogP contribution in [0.4, 0.5) is 0 Å². The van der Waals surface area contributed by atoms with Gasteiger partial charge in [-0.25, -0.2) is 11.4 Å². The van der Waals surface area contributed by atoms with Crippen molar-refractivity contribution < 1.29 is 19.1 Å². The molecular weight excluding hydrogens is 594 g/mol. The van der Waals surface area contributed by atoms with Gasteiger partial charge in [0.05, 0.1) is 19.2 Å². The summed E-state index contributed by atoms with van der Waals surface area (Å²) >= 11 is 0. The zero-order chi connectivity index (χ0) is 34.2. The van der Waals surface area contributed by atoms with E-state index < -0.39 is 5.66 Å². The van der Waals surface area contributed by atoms with Gasteiger partial charge in [-0.15, -0.1) is 0 Å². The van der Waals surface area contributed by atoms with Gasteiger partial charge in [-0.3, -0.25) is 14.6 Å². The van der Waals surface area contributed by atoms with Crippen molar-refractivity contribution in [1.82, 2.24) is 15.8 Å². The van der Waals surface area contributed by atoms with E-state index >= 15 is 0 Å². The highest BCUT2D eigenvalue weighted by molar-refractivity contribution is 6.46. The first-order chi connectivity index (χ1) is 22.4. The Hall–Kier alpha value is -3.96. The number of aliphatic imine (C=N–C) groups is 1. The molecule has 6 N–H and O–H groups in total. The highest BCUT2D eigenvalue weighted by atomic mass is 16.5. The predicted molar refractivity (Wildman–Crippen MR) is 186 cm³/mol. The molecular formula is C36H53N7O4.